The van der Waals surface area contributed by atoms with Crippen molar-refractivity contribution < 1.29 is 28.7 Å². The maximum atomic E-state index is 13.8. The van der Waals surface area contributed by atoms with Crippen molar-refractivity contribution in [2.45, 2.75) is 51.7 Å². The van der Waals surface area contributed by atoms with Crippen LogP contribution in [0, 0.1) is 5.92 Å². The Morgan fingerprint density at radius 2 is 1.20 bits per heavy atom. The molecule has 4 aromatic carbocycles. The van der Waals surface area contributed by atoms with Crippen LogP contribution in [0.2, 0.25) is 0 Å². The van der Waals surface area contributed by atoms with Crippen LogP contribution in [-0.4, -0.2) is 54.6 Å². The van der Waals surface area contributed by atoms with E-state index < -0.39 is 47.5 Å². The first-order valence-corrected chi connectivity index (χ1v) is 16.1. The molecule has 0 aliphatic carbocycles. The number of ketones is 1. The highest BCUT2D eigenvalue weighted by molar-refractivity contribution is 6.42. The first kappa shape index (κ1) is 36.1. The van der Waals surface area contributed by atoms with Crippen LogP contribution in [0.25, 0.3) is 11.1 Å². The largest absolute Gasteiger partial charge is 0.497 e. The number of hydrogen-bond donors (Lipinski definition) is 4. The lowest BCUT2D eigenvalue weighted by Gasteiger charge is -2.25. The van der Waals surface area contributed by atoms with Crippen molar-refractivity contribution in [1.82, 2.24) is 16.0 Å². The fraction of sp³-hybridized carbons (Fsp3) is 0.256. The standard InChI is InChI=1S/C39H42N4O6/c1-25(2)23-33(35(44)39(48)41-31-13-9-6-10-14-31)42-38(47)34(24-27-15-21-32(49-4)22-16-27)43-36(45)26(3)40-37(46)30-19-17-29(18-20-30)28-11-7-5-8-12-28/h5-22,25-26,33-34H,23-24H2,1-4H3,(H,40,46)(H,41,48)(H,42,47)(H,43,45)/t26-,33-,34-/m0/s1. The van der Waals surface area contributed by atoms with Crippen molar-refractivity contribution in [2.24, 2.45) is 5.92 Å². The van der Waals surface area contributed by atoms with Gasteiger partial charge >= 0.3 is 0 Å². The number of amides is 4. The Hall–Kier alpha value is -5.77. The minimum Gasteiger partial charge on any atom is -0.497 e. The van der Waals surface area contributed by atoms with Gasteiger partial charge in [0.15, 0.2) is 0 Å². The van der Waals surface area contributed by atoms with Crippen LogP contribution in [0.3, 0.4) is 0 Å². The topological polar surface area (TPSA) is 143 Å². The summed E-state index contributed by atoms with van der Waals surface area (Å²) >= 11 is 0. The minimum absolute atomic E-state index is 0.0367. The maximum Gasteiger partial charge on any atom is 0.293 e. The smallest absolute Gasteiger partial charge is 0.293 e. The molecule has 0 aromatic heterocycles. The number of nitrogens with one attached hydrogen (secondary N) is 4. The first-order chi connectivity index (χ1) is 23.5. The highest BCUT2D eigenvalue weighted by atomic mass is 16.5. The fourth-order valence-corrected chi connectivity index (χ4v) is 5.14. The minimum atomic E-state index is -1.14. The molecule has 4 amide bonds. The molecule has 4 aromatic rings. The van der Waals surface area contributed by atoms with Crippen molar-refractivity contribution >= 4 is 35.1 Å². The van der Waals surface area contributed by atoms with Gasteiger partial charge in [0.1, 0.15) is 17.8 Å². The van der Waals surface area contributed by atoms with E-state index in [2.05, 4.69) is 21.3 Å². The van der Waals surface area contributed by atoms with Crippen LogP contribution in [-0.2, 0) is 25.6 Å². The molecule has 254 valence electrons. The lowest BCUT2D eigenvalue weighted by Crippen LogP contribution is -2.56. The third kappa shape index (κ3) is 10.6. The van der Waals surface area contributed by atoms with Gasteiger partial charge in [0.05, 0.1) is 13.2 Å². The van der Waals surface area contributed by atoms with Gasteiger partial charge in [-0.25, -0.2) is 0 Å². The number of ether oxygens (including phenoxy) is 1. The van der Waals surface area contributed by atoms with E-state index in [9.17, 15) is 24.0 Å². The number of carbonyl (C=O) groups excluding carboxylic acids is 5. The molecule has 0 spiro atoms. The number of methoxy groups -OCH3 is 1. The lowest BCUT2D eigenvalue weighted by atomic mass is 9.98. The molecule has 0 aliphatic heterocycles. The van der Waals surface area contributed by atoms with Crippen molar-refractivity contribution in [3.8, 4) is 16.9 Å². The van der Waals surface area contributed by atoms with Crippen LogP contribution in [0.1, 0.15) is 43.1 Å². The Kier molecular flexibility index (Phi) is 12.8. The van der Waals surface area contributed by atoms with E-state index in [0.29, 0.717) is 22.6 Å². The van der Waals surface area contributed by atoms with Gasteiger partial charge in [-0.1, -0.05) is 86.6 Å². The maximum absolute atomic E-state index is 13.8. The second-order valence-electron chi connectivity index (χ2n) is 12.1. The zero-order chi connectivity index (χ0) is 35.3. The van der Waals surface area contributed by atoms with E-state index in [4.69, 9.17) is 4.74 Å². The third-order valence-electron chi connectivity index (χ3n) is 7.82. The van der Waals surface area contributed by atoms with E-state index in [-0.39, 0.29) is 18.8 Å². The number of carbonyl (C=O) groups is 5. The van der Waals surface area contributed by atoms with Gasteiger partial charge in [-0.05, 0) is 72.4 Å². The van der Waals surface area contributed by atoms with Crippen LogP contribution < -0.4 is 26.0 Å². The summed E-state index contributed by atoms with van der Waals surface area (Å²) in [5, 5.41) is 10.7. The van der Waals surface area contributed by atoms with Gasteiger partial charge in [-0.3, -0.25) is 24.0 Å². The predicted molar refractivity (Wildman–Crippen MR) is 189 cm³/mol. The van der Waals surface area contributed by atoms with Crippen LogP contribution in [0.5, 0.6) is 5.75 Å². The van der Waals surface area contributed by atoms with Crippen molar-refractivity contribution in [2.75, 3.05) is 12.4 Å². The molecule has 0 unspecified atom stereocenters. The molecule has 0 heterocycles. The normalized spacial score (nSPS) is 12.6. The van der Waals surface area contributed by atoms with Crippen LogP contribution in [0.4, 0.5) is 5.69 Å². The second-order valence-corrected chi connectivity index (χ2v) is 12.1. The van der Waals surface area contributed by atoms with E-state index in [1.807, 2.05) is 56.3 Å². The average Bonchev–Trinajstić information content (AvgIpc) is 3.11. The second kappa shape index (κ2) is 17.4. The SMILES string of the molecule is COc1ccc(C[C@H](NC(=O)[C@H](C)NC(=O)c2ccc(-c3ccccc3)cc2)C(=O)N[C@@H](CC(C)C)C(=O)C(=O)Nc2ccccc2)cc1. The van der Waals surface area contributed by atoms with Crippen molar-refractivity contribution in [3.05, 3.63) is 120 Å². The van der Waals surface area contributed by atoms with E-state index in [1.54, 1.807) is 73.8 Å². The van der Waals surface area contributed by atoms with Crippen molar-refractivity contribution in [1.29, 1.82) is 0 Å². The average molecular weight is 663 g/mol. The van der Waals surface area contributed by atoms with Gasteiger partial charge in [-0.15, -0.1) is 0 Å². The number of anilines is 1. The van der Waals surface area contributed by atoms with Gasteiger partial charge in [0.2, 0.25) is 17.6 Å². The molecule has 4 rings (SSSR count). The Balaban J connectivity index is 1.47. The summed E-state index contributed by atoms with van der Waals surface area (Å²) in [5.74, 6) is -2.78. The number of para-hydroxylation sites is 1. The molecule has 49 heavy (non-hydrogen) atoms. The number of benzene rings is 4. The van der Waals surface area contributed by atoms with Crippen molar-refractivity contribution in [3.63, 3.8) is 0 Å². The number of hydrogen-bond acceptors (Lipinski definition) is 6. The molecule has 0 saturated carbocycles. The van der Waals surface area contributed by atoms with Gasteiger partial charge in [0.25, 0.3) is 11.8 Å². The molecule has 4 N–H and O–H groups in total. The molecule has 0 saturated heterocycles. The molecule has 0 aliphatic rings. The predicted octanol–water partition coefficient (Wildman–Crippen LogP) is 4.95. The Morgan fingerprint density at radius 3 is 1.80 bits per heavy atom. The summed E-state index contributed by atoms with van der Waals surface area (Å²) in [6.45, 7) is 5.27. The molecular formula is C39H42N4O6. The molecule has 10 nitrogen and oxygen atoms in total. The zero-order valence-electron chi connectivity index (χ0n) is 28.1. The Bertz CT molecular complexity index is 1730. The highest BCUT2D eigenvalue weighted by Gasteiger charge is 2.32. The fourth-order valence-electron chi connectivity index (χ4n) is 5.14. The summed E-state index contributed by atoms with van der Waals surface area (Å²) in [5.41, 5.74) is 3.49. The van der Waals surface area contributed by atoms with E-state index in [0.717, 1.165) is 11.1 Å². The number of rotatable bonds is 15. The van der Waals surface area contributed by atoms with Crippen LogP contribution >= 0.6 is 0 Å². The summed E-state index contributed by atoms with van der Waals surface area (Å²) in [7, 11) is 1.54. The van der Waals surface area contributed by atoms with E-state index in [1.165, 1.54) is 6.92 Å². The molecule has 0 bridgehead atoms. The van der Waals surface area contributed by atoms with Gasteiger partial charge in [-0.2, -0.15) is 0 Å². The Morgan fingerprint density at radius 1 is 0.633 bits per heavy atom. The van der Waals surface area contributed by atoms with Crippen LogP contribution in [0.15, 0.2) is 109 Å². The summed E-state index contributed by atoms with van der Waals surface area (Å²) < 4.78 is 5.24. The molecule has 0 fully saturated rings. The van der Waals surface area contributed by atoms with E-state index >= 15 is 0 Å². The molecule has 0 radical (unpaired) electrons. The summed E-state index contributed by atoms with van der Waals surface area (Å²) in [6.07, 6.45) is 0.271. The molecular weight excluding hydrogens is 620 g/mol. The third-order valence-corrected chi connectivity index (χ3v) is 7.82. The molecule has 10 heteroatoms. The first-order valence-electron chi connectivity index (χ1n) is 16.1. The Labute approximate surface area is 286 Å². The zero-order valence-corrected chi connectivity index (χ0v) is 28.1. The van der Waals surface area contributed by atoms with Gasteiger partial charge in [0, 0.05) is 17.7 Å². The summed E-state index contributed by atoms with van der Waals surface area (Å²) in [4.78, 5) is 66.4. The number of Topliss-reactive ketones (excluding diaryl/α,β-unsaturated/α-hetero) is 1. The summed E-state index contributed by atoms with van der Waals surface area (Å²) in [6, 6.07) is 29.0. The van der Waals surface area contributed by atoms with Gasteiger partial charge < -0.3 is 26.0 Å². The quantitative estimate of drug-likeness (QED) is 0.133. The highest BCUT2D eigenvalue weighted by Crippen LogP contribution is 2.19. The lowest BCUT2D eigenvalue weighted by molar-refractivity contribution is -0.138. The molecule has 3 atom stereocenters. The monoisotopic (exact) mass is 662 g/mol.